The van der Waals surface area contributed by atoms with E-state index in [1.807, 2.05) is 6.08 Å². The van der Waals surface area contributed by atoms with E-state index < -0.39 is 14.8 Å². The summed E-state index contributed by atoms with van der Waals surface area (Å²) in [4.78, 5) is 22.1. The second-order valence-electron chi connectivity index (χ2n) is 15.1. The zero-order valence-corrected chi connectivity index (χ0v) is 31.6. The molecule has 0 unspecified atom stereocenters. The molecule has 4 nitrogen and oxygen atoms in total. The molecule has 0 amide bonds. The normalized spacial score (nSPS) is 32.2. The molecule has 0 spiro atoms. The first-order valence-corrected chi connectivity index (χ1v) is 19.5. The topological polar surface area (TPSA) is 74.6 Å². The number of ketones is 1. The molecule has 0 aromatic rings. The number of hydrogen-bond donors (Lipinski definition) is 2. The molecule has 262 valence electrons. The van der Waals surface area contributed by atoms with Crippen LogP contribution in [0.25, 0.3) is 0 Å². The van der Waals surface area contributed by atoms with E-state index in [4.69, 9.17) is 51.5 Å². The molecule has 45 heavy (non-hydrogen) atoms. The van der Waals surface area contributed by atoms with Gasteiger partial charge in [0, 0.05) is 12.8 Å². The number of carbonyl (C=O) groups excluding carboxylic acids is 1. The van der Waals surface area contributed by atoms with Crippen molar-refractivity contribution in [3.63, 3.8) is 0 Å². The molecule has 2 N–H and O–H groups in total. The van der Waals surface area contributed by atoms with Gasteiger partial charge >= 0.3 is 5.97 Å². The molecule has 0 aromatic carbocycles. The van der Waals surface area contributed by atoms with E-state index in [2.05, 4.69) is 27.7 Å². The average Bonchev–Trinajstić information content (AvgIpc) is 3.19. The molecule has 3 saturated carbocycles. The Bertz CT molecular complexity index is 939. The first-order chi connectivity index (χ1) is 21.0. The molecule has 0 bridgehead atoms. The quantitative estimate of drug-likeness (QED) is 0.139. The number of unbranched alkanes of at least 4 members (excludes halogenated alkanes) is 12. The van der Waals surface area contributed by atoms with Gasteiger partial charge in [-0.2, -0.15) is 0 Å². The lowest BCUT2D eigenvalue weighted by molar-refractivity contribution is -0.137. The Morgan fingerprint density at radius 3 is 1.78 bits per heavy atom. The number of carboxylic acids is 1. The number of carboxylic acid groups (broad SMARTS) is 1. The number of rotatable bonds is 14. The van der Waals surface area contributed by atoms with Crippen LogP contribution in [0, 0.1) is 28.6 Å². The molecule has 0 saturated heterocycles. The van der Waals surface area contributed by atoms with Crippen LogP contribution < -0.4 is 0 Å². The van der Waals surface area contributed by atoms with E-state index in [0.29, 0.717) is 18.1 Å². The van der Waals surface area contributed by atoms with Crippen molar-refractivity contribution in [1.82, 2.24) is 0 Å². The van der Waals surface area contributed by atoms with E-state index in [9.17, 15) is 14.7 Å². The summed E-state index contributed by atoms with van der Waals surface area (Å²) in [6, 6.07) is 0. The minimum Gasteiger partial charge on any atom is -0.481 e. The number of carbonyl (C=O) groups is 2. The molecule has 4 aliphatic rings. The fraction of sp³-hybridized carbons (Fsp3) is 0.892. The summed E-state index contributed by atoms with van der Waals surface area (Å²) in [5, 5.41) is 19.4. The van der Waals surface area contributed by atoms with Crippen molar-refractivity contribution in [1.29, 1.82) is 0 Å². The van der Waals surface area contributed by atoms with E-state index in [1.165, 1.54) is 95.5 Å². The summed E-state index contributed by atoms with van der Waals surface area (Å²) >= 11 is 19.3. The second kappa shape index (κ2) is 19.3. The van der Waals surface area contributed by atoms with Gasteiger partial charge in [-0.15, -0.1) is 0 Å². The highest BCUT2D eigenvalue weighted by atomic mass is 35.6. The van der Waals surface area contributed by atoms with Crippen molar-refractivity contribution in [2.24, 2.45) is 28.6 Å². The Kier molecular flexibility index (Phi) is 17.6. The summed E-state index contributed by atoms with van der Waals surface area (Å²) in [7, 11) is 0. The molecule has 4 rings (SSSR count). The van der Waals surface area contributed by atoms with Crippen LogP contribution in [0.1, 0.15) is 169 Å². The van der Waals surface area contributed by atoms with Gasteiger partial charge in [-0.3, -0.25) is 9.59 Å². The van der Waals surface area contributed by atoms with Crippen LogP contribution in [-0.4, -0.2) is 30.8 Å². The number of halogens is 4. The van der Waals surface area contributed by atoms with Crippen LogP contribution in [-0.2, 0) is 9.59 Å². The number of alkyl halides is 4. The van der Waals surface area contributed by atoms with E-state index in [1.54, 1.807) is 0 Å². The molecule has 0 aromatic heterocycles. The van der Waals surface area contributed by atoms with Crippen LogP contribution in [0.2, 0.25) is 0 Å². The van der Waals surface area contributed by atoms with Gasteiger partial charge in [0.15, 0.2) is 5.78 Å². The molecule has 6 atom stereocenters. The minimum atomic E-state index is -1.61. The summed E-state index contributed by atoms with van der Waals surface area (Å²) < 4.78 is -1.61. The summed E-state index contributed by atoms with van der Waals surface area (Å²) in [6.45, 7) is 9.11. The predicted molar refractivity (Wildman–Crippen MR) is 191 cm³/mol. The minimum absolute atomic E-state index is 0.107. The van der Waals surface area contributed by atoms with Crippen molar-refractivity contribution in [2.75, 3.05) is 0 Å². The number of aliphatic carboxylic acids is 1. The fourth-order valence-electron chi connectivity index (χ4n) is 9.10. The third-order valence-electron chi connectivity index (χ3n) is 12.0. The zero-order chi connectivity index (χ0) is 33.7. The average molecular weight is 713 g/mol. The van der Waals surface area contributed by atoms with Gasteiger partial charge in [-0.05, 0) is 93.0 Å². The van der Waals surface area contributed by atoms with Crippen LogP contribution in [0.3, 0.4) is 0 Å². The van der Waals surface area contributed by atoms with Gasteiger partial charge in [0.1, 0.15) is 0 Å². The number of fused-ring (bicyclic) bond motifs is 5. The van der Waals surface area contributed by atoms with Crippen molar-refractivity contribution < 1.29 is 19.8 Å². The lowest BCUT2D eigenvalue weighted by Gasteiger charge is -2.58. The standard InChI is InChI=1S/C20H30O2.C16H32O2.CCl4/c1-18-9-6-14(21)12-13(18)4-5-15-16(18)7-10-19(2)17(15)8-11-20(19,3)22;1-2-3-4-5-6-7-8-9-10-11-12-13-14-15-16(17)18;2-1(3,4)5/h12,15-17,22H,4-11H2,1-3H3;2-15H2,1H3,(H,17,18);/t15-,16+,17+,18+,19+,20+;;/m1../s1. The third kappa shape index (κ3) is 13.1. The fourth-order valence-corrected chi connectivity index (χ4v) is 9.10. The molecule has 0 radical (unpaired) electrons. The van der Waals surface area contributed by atoms with Gasteiger partial charge < -0.3 is 10.2 Å². The van der Waals surface area contributed by atoms with Crippen molar-refractivity contribution in [3.05, 3.63) is 11.6 Å². The molecule has 0 heterocycles. The maximum atomic E-state index is 11.8. The van der Waals surface area contributed by atoms with E-state index in [-0.39, 0.29) is 10.8 Å². The van der Waals surface area contributed by atoms with E-state index in [0.717, 1.165) is 56.8 Å². The monoisotopic (exact) mass is 710 g/mol. The molecule has 3 fully saturated rings. The van der Waals surface area contributed by atoms with Gasteiger partial charge in [0.05, 0.1) is 5.60 Å². The summed E-state index contributed by atoms with van der Waals surface area (Å²) in [5.74, 6) is 1.85. The Balaban J connectivity index is 0.000000279. The van der Waals surface area contributed by atoms with Crippen LogP contribution in [0.5, 0.6) is 0 Å². The zero-order valence-electron chi connectivity index (χ0n) is 28.6. The molecule has 4 aliphatic carbocycles. The second-order valence-corrected chi connectivity index (χ2v) is 18.5. The lowest BCUT2D eigenvalue weighted by atomic mass is 9.46. The predicted octanol–water partition coefficient (Wildman–Crippen LogP) is 12.4. The highest BCUT2D eigenvalue weighted by Crippen LogP contribution is 2.67. The van der Waals surface area contributed by atoms with Gasteiger partial charge in [0.2, 0.25) is 0 Å². The largest absolute Gasteiger partial charge is 0.481 e. The highest BCUT2D eigenvalue weighted by molar-refractivity contribution is 6.83. The summed E-state index contributed by atoms with van der Waals surface area (Å²) in [6.07, 6.45) is 27.9. The van der Waals surface area contributed by atoms with Crippen LogP contribution >= 0.6 is 46.4 Å². The summed E-state index contributed by atoms with van der Waals surface area (Å²) in [5.41, 5.74) is 1.32. The Morgan fingerprint density at radius 2 is 1.27 bits per heavy atom. The molecular weight excluding hydrogens is 650 g/mol. The van der Waals surface area contributed by atoms with Crippen molar-refractivity contribution in [3.8, 4) is 0 Å². The first-order valence-electron chi connectivity index (χ1n) is 18.0. The van der Waals surface area contributed by atoms with E-state index >= 15 is 0 Å². The maximum absolute atomic E-state index is 11.8. The molecule has 8 heteroatoms. The smallest absolute Gasteiger partial charge is 0.303 e. The first kappa shape index (κ1) is 41.2. The number of aliphatic hydroxyl groups is 1. The Labute approximate surface area is 294 Å². The highest BCUT2D eigenvalue weighted by Gasteiger charge is 2.62. The van der Waals surface area contributed by atoms with Crippen LogP contribution in [0.4, 0.5) is 0 Å². The number of hydrogen-bond acceptors (Lipinski definition) is 3. The van der Waals surface area contributed by atoms with Crippen molar-refractivity contribution in [2.45, 2.75) is 178 Å². The Morgan fingerprint density at radius 1 is 0.778 bits per heavy atom. The van der Waals surface area contributed by atoms with Gasteiger partial charge in [-0.1, -0.05) is 150 Å². The third-order valence-corrected chi connectivity index (χ3v) is 12.0. The Hall–Kier alpha value is -0.000000000000000111. The van der Waals surface area contributed by atoms with Gasteiger partial charge in [0.25, 0.3) is 3.25 Å². The number of allylic oxidation sites excluding steroid dienone is 1. The molecular formula is C37H62Cl4O4. The molecule has 0 aliphatic heterocycles. The maximum Gasteiger partial charge on any atom is 0.303 e. The lowest BCUT2D eigenvalue weighted by Crippen LogP contribution is -2.53. The van der Waals surface area contributed by atoms with Crippen LogP contribution in [0.15, 0.2) is 11.6 Å². The van der Waals surface area contributed by atoms with Gasteiger partial charge in [-0.25, -0.2) is 0 Å². The SMILES string of the molecule is CCCCCCCCCCCCCCCC(=O)O.C[C@]12CCC(=O)C=C1CC[C@@H]1[C@@H]2CC[C@@]2(C)[C@H]1CC[C@]2(C)O.ClC(Cl)(Cl)Cl. The van der Waals surface area contributed by atoms with Crippen molar-refractivity contribution >= 4 is 58.2 Å².